The summed E-state index contributed by atoms with van der Waals surface area (Å²) in [5.41, 5.74) is 1.73. The fourth-order valence-electron chi connectivity index (χ4n) is 6.71. The first kappa shape index (κ1) is 30.2. The number of aromatic nitrogens is 3. The van der Waals surface area contributed by atoms with Crippen LogP contribution in [-0.2, 0) is 16.0 Å². The molecule has 5 heterocycles. The SMILES string of the molecule is CS(=O)(=O)C1CN(c2nc(OC[C@@]34CCCN3C[C@H](F)C4)nc3c(F)c(-c4ccc(F)c5sc(N)nc45)c(C(F)(F)F)cc23)C1. The highest BCUT2D eigenvalue weighted by molar-refractivity contribution is 7.91. The number of anilines is 2. The Balaban J connectivity index is 1.41. The third kappa shape index (κ3) is 5.02. The van der Waals surface area contributed by atoms with Gasteiger partial charge in [0.1, 0.15) is 29.9 Å². The number of thiazole rings is 1. The summed E-state index contributed by atoms with van der Waals surface area (Å²) in [4.78, 5) is 15.9. The lowest BCUT2D eigenvalue weighted by molar-refractivity contribution is -0.137. The van der Waals surface area contributed by atoms with Crippen LogP contribution in [0.15, 0.2) is 18.2 Å². The van der Waals surface area contributed by atoms with E-state index in [4.69, 9.17) is 10.5 Å². The number of alkyl halides is 4. The first-order chi connectivity index (χ1) is 21.1. The van der Waals surface area contributed by atoms with Crippen LogP contribution in [0.4, 0.5) is 37.3 Å². The molecule has 3 fully saturated rings. The molecule has 0 amide bonds. The van der Waals surface area contributed by atoms with Crippen molar-refractivity contribution in [2.24, 2.45) is 0 Å². The lowest BCUT2D eigenvalue weighted by Crippen LogP contribution is -2.55. The Morgan fingerprint density at radius 2 is 1.89 bits per heavy atom. The monoisotopic (exact) mass is 672 g/mol. The number of benzene rings is 2. The molecule has 17 heteroatoms. The Kier molecular flexibility index (Phi) is 6.91. The van der Waals surface area contributed by atoms with Crippen LogP contribution in [0, 0.1) is 11.6 Å². The fraction of sp³-hybridized carbons (Fsp3) is 0.464. The zero-order valence-electron chi connectivity index (χ0n) is 23.7. The maximum absolute atomic E-state index is 16.6. The van der Waals surface area contributed by atoms with Crippen molar-refractivity contribution in [3.63, 3.8) is 0 Å². The Bertz CT molecular complexity index is 1970. The number of sulfone groups is 1. The number of nitrogens with zero attached hydrogens (tertiary/aromatic N) is 5. The molecule has 3 aliphatic rings. The van der Waals surface area contributed by atoms with Crippen LogP contribution in [0.5, 0.6) is 6.01 Å². The first-order valence-corrected chi connectivity index (χ1v) is 16.8. The van der Waals surface area contributed by atoms with E-state index in [1.165, 1.54) is 4.90 Å². The van der Waals surface area contributed by atoms with Crippen LogP contribution in [0.3, 0.4) is 0 Å². The van der Waals surface area contributed by atoms with E-state index >= 15 is 4.39 Å². The molecule has 4 aromatic rings. The van der Waals surface area contributed by atoms with E-state index in [9.17, 15) is 30.4 Å². The van der Waals surface area contributed by atoms with Crippen LogP contribution < -0.4 is 15.4 Å². The molecule has 2 aromatic carbocycles. The van der Waals surface area contributed by atoms with Gasteiger partial charge in [-0.25, -0.2) is 26.6 Å². The van der Waals surface area contributed by atoms with Gasteiger partial charge >= 0.3 is 12.2 Å². The molecule has 9 nitrogen and oxygen atoms in total. The molecule has 0 radical (unpaired) electrons. The number of fused-ring (bicyclic) bond motifs is 3. The van der Waals surface area contributed by atoms with E-state index in [0.717, 1.165) is 24.8 Å². The second-order valence-electron chi connectivity index (χ2n) is 11.9. The van der Waals surface area contributed by atoms with Crippen molar-refractivity contribution in [3.05, 3.63) is 35.4 Å². The number of hydrogen-bond donors (Lipinski definition) is 1. The predicted molar refractivity (Wildman–Crippen MR) is 157 cm³/mol. The second-order valence-corrected chi connectivity index (χ2v) is 15.2. The van der Waals surface area contributed by atoms with Gasteiger partial charge in [0.15, 0.2) is 20.8 Å². The van der Waals surface area contributed by atoms with Gasteiger partial charge in [0.25, 0.3) is 0 Å². The molecule has 0 aliphatic carbocycles. The lowest BCUT2D eigenvalue weighted by atomic mass is 9.94. The highest BCUT2D eigenvalue weighted by Gasteiger charge is 2.49. The van der Waals surface area contributed by atoms with Crippen molar-refractivity contribution in [1.29, 1.82) is 0 Å². The van der Waals surface area contributed by atoms with E-state index in [1.807, 2.05) is 4.90 Å². The summed E-state index contributed by atoms with van der Waals surface area (Å²) in [5.74, 6) is -2.29. The van der Waals surface area contributed by atoms with E-state index in [2.05, 4.69) is 15.0 Å². The minimum absolute atomic E-state index is 0.0316. The smallest absolute Gasteiger partial charge is 0.417 e. The number of nitrogens with two attached hydrogens (primary N) is 1. The van der Waals surface area contributed by atoms with Gasteiger partial charge in [0.2, 0.25) is 0 Å². The average Bonchev–Trinajstić information content (AvgIpc) is 3.58. The van der Waals surface area contributed by atoms with Gasteiger partial charge in [0, 0.05) is 48.8 Å². The van der Waals surface area contributed by atoms with Crippen molar-refractivity contribution < 1.29 is 39.5 Å². The molecule has 0 spiro atoms. The molecular weight excluding hydrogens is 646 g/mol. The Hall–Kier alpha value is -3.44. The van der Waals surface area contributed by atoms with E-state index in [-0.39, 0.29) is 70.8 Å². The second kappa shape index (κ2) is 10.3. The van der Waals surface area contributed by atoms with Crippen molar-refractivity contribution in [2.45, 2.75) is 42.4 Å². The molecule has 0 bridgehead atoms. The average molecular weight is 673 g/mol. The van der Waals surface area contributed by atoms with Crippen LogP contribution in [-0.4, -0.2) is 84.3 Å². The van der Waals surface area contributed by atoms with Crippen molar-refractivity contribution in [3.8, 4) is 17.1 Å². The molecular formula is C28H26F6N6O3S2. The molecule has 45 heavy (non-hydrogen) atoms. The van der Waals surface area contributed by atoms with Crippen molar-refractivity contribution in [2.75, 3.05) is 49.7 Å². The third-order valence-corrected chi connectivity index (χ3v) is 11.4. The summed E-state index contributed by atoms with van der Waals surface area (Å²) in [6, 6.07) is 2.27. The molecule has 2 atom stereocenters. The zero-order valence-corrected chi connectivity index (χ0v) is 25.3. The van der Waals surface area contributed by atoms with Crippen LogP contribution >= 0.6 is 11.3 Å². The van der Waals surface area contributed by atoms with E-state index in [0.29, 0.717) is 30.4 Å². The summed E-state index contributed by atoms with van der Waals surface area (Å²) in [6.07, 6.45) is -3.38. The van der Waals surface area contributed by atoms with Crippen LogP contribution in [0.25, 0.3) is 32.2 Å². The summed E-state index contributed by atoms with van der Waals surface area (Å²) < 4.78 is 119. The van der Waals surface area contributed by atoms with Crippen molar-refractivity contribution in [1.82, 2.24) is 19.9 Å². The third-order valence-electron chi connectivity index (χ3n) is 8.96. The quantitative estimate of drug-likeness (QED) is 0.284. The highest BCUT2D eigenvalue weighted by atomic mass is 32.2. The Morgan fingerprint density at radius 3 is 2.60 bits per heavy atom. The van der Waals surface area contributed by atoms with Crippen molar-refractivity contribution >= 4 is 53.2 Å². The lowest BCUT2D eigenvalue weighted by Gasteiger charge is -2.39. The van der Waals surface area contributed by atoms with E-state index in [1.54, 1.807) is 0 Å². The van der Waals surface area contributed by atoms with Gasteiger partial charge in [-0.15, -0.1) is 0 Å². The molecule has 240 valence electrons. The van der Waals surface area contributed by atoms with E-state index < -0.39 is 61.3 Å². The summed E-state index contributed by atoms with van der Waals surface area (Å²) in [7, 11) is -3.47. The number of halogens is 6. The largest absolute Gasteiger partial charge is 0.461 e. The number of rotatable bonds is 6. The Morgan fingerprint density at radius 1 is 1.13 bits per heavy atom. The summed E-state index contributed by atoms with van der Waals surface area (Å²) in [5, 5.41) is -1.23. The molecule has 2 aromatic heterocycles. The number of hydrogen-bond acceptors (Lipinski definition) is 10. The van der Waals surface area contributed by atoms with Gasteiger partial charge < -0.3 is 15.4 Å². The Labute approximate surface area is 256 Å². The molecule has 0 unspecified atom stereocenters. The summed E-state index contributed by atoms with van der Waals surface area (Å²) in [6.45, 7) is 0.718. The van der Waals surface area contributed by atoms with Gasteiger partial charge in [-0.05, 0) is 37.6 Å². The summed E-state index contributed by atoms with van der Waals surface area (Å²) >= 11 is 0.714. The fourth-order valence-corrected chi connectivity index (χ4v) is 8.37. The standard InChI is InChI=1S/C28H26F6N6O3S2/c1-45(41,42)14-10-39(11-14)24-16-7-17(28(32,33)34)19(15-3-4-18(30)23-22(15)36-25(35)44-23)20(31)21(16)37-26(38-24)43-12-27-5-2-6-40(27)9-13(29)8-27/h3-4,7,13-14H,2,5-6,8-12H2,1H3,(H2,35,36)/t13-,27+/m1/s1. The normalized spacial score (nSPS) is 22.8. The van der Waals surface area contributed by atoms with Gasteiger partial charge in [-0.2, -0.15) is 23.1 Å². The molecule has 7 rings (SSSR count). The van der Waals surface area contributed by atoms with Gasteiger partial charge in [-0.1, -0.05) is 11.3 Å². The maximum atomic E-state index is 16.6. The topological polar surface area (TPSA) is 115 Å². The van der Waals surface area contributed by atoms with Crippen LogP contribution in [0.1, 0.15) is 24.8 Å². The highest BCUT2D eigenvalue weighted by Crippen LogP contribution is 2.47. The number of nitrogen functional groups attached to an aromatic ring is 1. The van der Waals surface area contributed by atoms with Crippen LogP contribution in [0.2, 0.25) is 0 Å². The molecule has 2 N–H and O–H groups in total. The maximum Gasteiger partial charge on any atom is 0.417 e. The zero-order chi connectivity index (χ0) is 32.1. The number of ether oxygens (including phenoxy) is 1. The van der Waals surface area contributed by atoms with Gasteiger partial charge in [-0.3, -0.25) is 4.90 Å². The first-order valence-electron chi connectivity index (χ1n) is 14.1. The van der Waals surface area contributed by atoms with Gasteiger partial charge in [0.05, 0.1) is 26.6 Å². The predicted octanol–water partition coefficient (Wildman–Crippen LogP) is 4.97. The minimum Gasteiger partial charge on any atom is -0.461 e. The molecule has 0 saturated carbocycles. The molecule has 3 saturated heterocycles. The molecule has 3 aliphatic heterocycles. The minimum atomic E-state index is -5.08.